The molecule has 2 heterocycles. The van der Waals surface area contributed by atoms with Crippen molar-refractivity contribution < 1.29 is 4.39 Å². The molecular weight excluding hydrogens is 329 g/mol. The van der Waals surface area contributed by atoms with E-state index >= 15 is 0 Å². The summed E-state index contributed by atoms with van der Waals surface area (Å²) < 4.78 is 15.1. The third-order valence-electron chi connectivity index (χ3n) is 4.20. The number of rotatable bonds is 3. The van der Waals surface area contributed by atoms with Gasteiger partial charge in [-0.3, -0.25) is 9.78 Å². The minimum atomic E-state index is -0.318. The fraction of sp³-hybridized carbons (Fsp3) is 0.0952. The molecule has 2 aromatic heterocycles. The van der Waals surface area contributed by atoms with Crippen LogP contribution in [0, 0.1) is 12.7 Å². The quantitative estimate of drug-likeness (QED) is 0.565. The Balaban J connectivity index is 1.72. The smallest absolute Gasteiger partial charge is 0.267 e. The lowest BCUT2D eigenvalue weighted by Crippen LogP contribution is -2.22. The summed E-state index contributed by atoms with van der Waals surface area (Å²) in [6.07, 6.45) is 1.75. The molecule has 26 heavy (non-hydrogen) atoms. The van der Waals surface area contributed by atoms with E-state index in [1.54, 1.807) is 12.3 Å². The zero-order chi connectivity index (χ0) is 18.1. The van der Waals surface area contributed by atoms with Crippen molar-refractivity contribution in [2.75, 3.05) is 0 Å². The summed E-state index contributed by atoms with van der Waals surface area (Å²) in [5, 5.41) is 5.43. The van der Waals surface area contributed by atoms with E-state index in [0.717, 1.165) is 22.0 Å². The van der Waals surface area contributed by atoms with Crippen LogP contribution in [0.3, 0.4) is 0 Å². The first-order chi connectivity index (χ1) is 12.6. The molecule has 128 valence electrons. The largest absolute Gasteiger partial charge is 0.268 e. The minimum Gasteiger partial charge on any atom is -0.268 e. The maximum absolute atomic E-state index is 13.7. The molecular formula is C21H16FN3O. The summed E-state index contributed by atoms with van der Waals surface area (Å²) in [5.74, 6) is -0.318. The van der Waals surface area contributed by atoms with Crippen LogP contribution in [0.2, 0.25) is 0 Å². The van der Waals surface area contributed by atoms with Gasteiger partial charge in [0.1, 0.15) is 5.82 Å². The van der Waals surface area contributed by atoms with E-state index in [4.69, 9.17) is 0 Å². The molecule has 4 rings (SSSR count). The van der Waals surface area contributed by atoms with Crippen LogP contribution < -0.4 is 5.56 Å². The van der Waals surface area contributed by atoms with Crippen molar-refractivity contribution in [3.63, 3.8) is 0 Å². The number of aromatic nitrogens is 3. The number of nitrogens with zero attached hydrogens (tertiary/aromatic N) is 3. The van der Waals surface area contributed by atoms with E-state index in [9.17, 15) is 9.18 Å². The van der Waals surface area contributed by atoms with Gasteiger partial charge in [0, 0.05) is 23.2 Å². The molecule has 0 aliphatic rings. The monoisotopic (exact) mass is 345 g/mol. The van der Waals surface area contributed by atoms with E-state index < -0.39 is 0 Å². The minimum absolute atomic E-state index is 0.201. The Bertz CT molecular complexity index is 1150. The van der Waals surface area contributed by atoms with Crippen LogP contribution in [0.4, 0.5) is 4.39 Å². The van der Waals surface area contributed by atoms with Gasteiger partial charge < -0.3 is 0 Å². The Kier molecular flexibility index (Phi) is 4.05. The molecule has 0 fully saturated rings. The first-order valence-electron chi connectivity index (χ1n) is 8.28. The Morgan fingerprint density at radius 1 is 1.04 bits per heavy atom. The zero-order valence-electron chi connectivity index (χ0n) is 14.2. The highest BCUT2D eigenvalue weighted by atomic mass is 19.1. The van der Waals surface area contributed by atoms with E-state index in [1.807, 2.05) is 43.3 Å². The van der Waals surface area contributed by atoms with Crippen LogP contribution >= 0.6 is 0 Å². The summed E-state index contributed by atoms with van der Waals surface area (Å²) in [7, 11) is 0. The summed E-state index contributed by atoms with van der Waals surface area (Å²) in [6, 6.07) is 17.5. The van der Waals surface area contributed by atoms with Crippen molar-refractivity contribution >= 4 is 10.9 Å². The lowest BCUT2D eigenvalue weighted by Gasteiger charge is -2.09. The highest BCUT2D eigenvalue weighted by molar-refractivity contribution is 5.78. The van der Waals surface area contributed by atoms with Gasteiger partial charge in [0.05, 0.1) is 17.8 Å². The van der Waals surface area contributed by atoms with E-state index in [1.165, 1.54) is 22.9 Å². The molecule has 0 atom stereocenters. The molecule has 5 heteroatoms. The van der Waals surface area contributed by atoms with Crippen LogP contribution in [0.5, 0.6) is 0 Å². The Labute approximate surface area is 149 Å². The molecule has 0 aliphatic carbocycles. The molecule has 0 aliphatic heterocycles. The molecule has 0 saturated carbocycles. The molecule has 0 radical (unpaired) electrons. The van der Waals surface area contributed by atoms with Crippen molar-refractivity contribution in [3.05, 3.63) is 94.2 Å². The molecule has 0 saturated heterocycles. The SMILES string of the molecule is Cc1cc(F)cc(-c2ccc(=O)n(Cc3ccc4ncccc4c3)n2)c1. The lowest BCUT2D eigenvalue weighted by atomic mass is 10.1. The molecule has 0 N–H and O–H groups in total. The van der Waals surface area contributed by atoms with Gasteiger partial charge in [0.2, 0.25) is 0 Å². The molecule has 0 unspecified atom stereocenters. The predicted molar refractivity (Wildman–Crippen MR) is 99.5 cm³/mol. The van der Waals surface area contributed by atoms with Gasteiger partial charge in [-0.1, -0.05) is 12.1 Å². The molecule has 0 amide bonds. The van der Waals surface area contributed by atoms with Crippen LogP contribution in [0.25, 0.3) is 22.2 Å². The number of hydrogen-bond donors (Lipinski definition) is 0. The van der Waals surface area contributed by atoms with E-state index in [-0.39, 0.29) is 11.4 Å². The number of fused-ring (bicyclic) bond motifs is 1. The fourth-order valence-electron chi connectivity index (χ4n) is 3.00. The number of aryl methyl sites for hydroxylation is 1. The summed E-state index contributed by atoms with van der Waals surface area (Å²) in [6.45, 7) is 2.16. The number of benzene rings is 2. The standard InChI is InChI=1S/C21H16FN3O/c1-14-9-17(12-18(22)10-14)20-6-7-21(26)25(24-20)13-15-4-5-19-16(11-15)3-2-8-23-19/h2-12H,13H2,1H3. The van der Waals surface area contributed by atoms with Crippen LogP contribution in [0.15, 0.2) is 71.7 Å². The molecule has 4 nitrogen and oxygen atoms in total. The van der Waals surface area contributed by atoms with Gasteiger partial charge in [-0.2, -0.15) is 5.10 Å². The third kappa shape index (κ3) is 3.24. The second-order valence-corrected chi connectivity index (χ2v) is 6.26. The summed E-state index contributed by atoms with van der Waals surface area (Å²) in [5.41, 5.74) is 3.68. The van der Waals surface area contributed by atoms with Gasteiger partial charge in [-0.15, -0.1) is 0 Å². The molecule has 2 aromatic carbocycles. The number of pyridine rings is 1. The lowest BCUT2D eigenvalue weighted by molar-refractivity contribution is 0.625. The Hall–Kier alpha value is -3.34. The highest BCUT2D eigenvalue weighted by Gasteiger charge is 2.07. The van der Waals surface area contributed by atoms with Crippen molar-refractivity contribution in [3.8, 4) is 11.3 Å². The Morgan fingerprint density at radius 3 is 2.77 bits per heavy atom. The maximum atomic E-state index is 13.7. The van der Waals surface area contributed by atoms with Gasteiger partial charge in [-0.05, 0) is 60.5 Å². The summed E-state index contributed by atoms with van der Waals surface area (Å²) in [4.78, 5) is 16.5. The third-order valence-corrected chi connectivity index (χ3v) is 4.20. The fourth-order valence-corrected chi connectivity index (χ4v) is 3.00. The van der Waals surface area contributed by atoms with Gasteiger partial charge in [0.15, 0.2) is 0 Å². The Morgan fingerprint density at radius 2 is 1.92 bits per heavy atom. The average molecular weight is 345 g/mol. The van der Waals surface area contributed by atoms with Crippen molar-refractivity contribution in [1.82, 2.24) is 14.8 Å². The first kappa shape index (κ1) is 16.1. The van der Waals surface area contributed by atoms with Gasteiger partial charge in [-0.25, -0.2) is 9.07 Å². The number of hydrogen-bond acceptors (Lipinski definition) is 3. The van der Waals surface area contributed by atoms with Crippen molar-refractivity contribution in [2.45, 2.75) is 13.5 Å². The maximum Gasteiger partial charge on any atom is 0.267 e. The average Bonchev–Trinajstić information content (AvgIpc) is 2.62. The van der Waals surface area contributed by atoms with Crippen LogP contribution in [-0.4, -0.2) is 14.8 Å². The summed E-state index contributed by atoms with van der Waals surface area (Å²) >= 11 is 0. The van der Waals surface area contributed by atoms with Gasteiger partial charge >= 0.3 is 0 Å². The second-order valence-electron chi connectivity index (χ2n) is 6.26. The second kappa shape index (κ2) is 6.52. The zero-order valence-corrected chi connectivity index (χ0v) is 14.2. The van der Waals surface area contributed by atoms with Crippen molar-refractivity contribution in [2.24, 2.45) is 0 Å². The highest BCUT2D eigenvalue weighted by Crippen LogP contribution is 2.19. The first-order valence-corrected chi connectivity index (χ1v) is 8.28. The molecule has 0 bridgehead atoms. The van der Waals surface area contributed by atoms with E-state index in [2.05, 4.69) is 10.1 Å². The van der Waals surface area contributed by atoms with Gasteiger partial charge in [0.25, 0.3) is 5.56 Å². The van der Waals surface area contributed by atoms with Crippen molar-refractivity contribution in [1.29, 1.82) is 0 Å². The van der Waals surface area contributed by atoms with E-state index in [0.29, 0.717) is 17.8 Å². The predicted octanol–water partition coefficient (Wildman–Crippen LogP) is 3.95. The number of halogens is 1. The van der Waals surface area contributed by atoms with Crippen LogP contribution in [-0.2, 0) is 6.54 Å². The topological polar surface area (TPSA) is 47.8 Å². The molecule has 0 spiro atoms. The normalized spacial score (nSPS) is 11.0. The molecule has 4 aromatic rings. The van der Waals surface area contributed by atoms with Crippen LogP contribution in [0.1, 0.15) is 11.1 Å².